The molecule has 0 aliphatic rings. The topological polar surface area (TPSA) is 81.1 Å². The van der Waals surface area contributed by atoms with Crippen molar-refractivity contribution in [2.45, 2.75) is 6.54 Å². The number of aliphatic hydroxyl groups is 1. The van der Waals surface area contributed by atoms with Crippen LogP contribution in [0, 0.1) is 0 Å². The maximum absolute atomic E-state index is 11.0. The molecule has 2 aromatic rings. The van der Waals surface area contributed by atoms with Gasteiger partial charge in [-0.25, -0.2) is 0 Å². The van der Waals surface area contributed by atoms with Crippen LogP contribution >= 0.6 is 0 Å². The number of aliphatic hydroxyl groups excluding tert-OH is 1. The third kappa shape index (κ3) is 1.69. The highest BCUT2D eigenvalue weighted by Crippen LogP contribution is 2.15. The molecule has 15 heavy (non-hydrogen) atoms. The number of carbonyl (C=O) groups is 1. The second-order valence-corrected chi connectivity index (χ2v) is 3.23. The molecule has 0 bridgehead atoms. The number of hydrogen-bond donors (Lipinski definition) is 2. The number of fused-ring (bicyclic) bond motifs is 1. The fraction of sp³-hybridized carbons (Fsp3) is 0.200. The fourth-order valence-corrected chi connectivity index (χ4v) is 1.50. The first-order valence-electron chi connectivity index (χ1n) is 4.58. The van der Waals surface area contributed by atoms with Gasteiger partial charge in [0.2, 0.25) is 5.91 Å². The fourth-order valence-electron chi connectivity index (χ4n) is 1.50. The molecule has 0 unspecified atom stereocenters. The Balaban J connectivity index is 2.56. The lowest BCUT2D eigenvalue weighted by molar-refractivity contribution is 0.100. The van der Waals surface area contributed by atoms with Crippen LogP contribution in [0.1, 0.15) is 10.4 Å². The van der Waals surface area contributed by atoms with Crippen molar-refractivity contribution in [3.63, 3.8) is 0 Å². The van der Waals surface area contributed by atoms with E-state index in [0.29, 0.717) is 12.1 Å². The van der Waals surface area contributed by atoms with Crippen LogP contribution in [0.5, 0.6) is 0 Å². The summed E-state index contributed by atoms with van der Waals surface area (Å²) in [4.78, 5) is 11.0. The highest BCUT2D eigenvalue weighted by molar-refractivity contribution is 5.96. The number of nitrogens with two attached hydrogens (primary N) is 1. The molecule has 0 saturated carbocycles. The maximum atomic E-state index is 11.0. The Bertz CT molecular complexity index is 504. The van der Waals surface area contributed by atoms with Gasteiger partial charge in [0.25, 0.3) is 0 Å². The number of amides is 1. The van der Waals surface area contributed by atoms with Crippen molar-refractivity contribution in [1.29, 1.82) is 0 Å². The summed E-state index contributed by atoms with van der Waals surface area (Å²) in [5, 5.41) is 13.8. The third-order valence-electron chi connectivity index (χ3n) is 2.24. The van der Waals surface area contributed by atoms with E-state index in [0.717, 1.165) is 10.9 Å². The van der Waals surface area contributed by atoms with Gasteiger partial charge in [0, 0.05) is 10.9 Å². The lowest BCUT2D eigenvalue weighted by Gasteiger charge is -2.01. The first kappa shape index (κ1) is 9.67. The van der Waals surface area contributed by atoms with Crippen molar-refractivity contribution in [1.82, 2.24) is 9.78 Å². The molecule has 1 aromatic carbocycles. The summed E-state index contributed by atoms with van der Waals surface area (Å²) in [6.45, 7) is 0.420. The summed E-state index contributed by atoms with van der Waals surface area (Å²) in [5.41, 5.74) is 6.43. The lowest BCUT2D eigenvalue weighted by atomic mass is 10.1. The van der Waals surface area contributed by atoms with Crippen LogP contribution in [0.25, 0.3) is 10.9 Å². The van der Waals surface area contributed by atoms with Crippen LogP contribution in [-0.4, -0.2) is 27.4 Å². The van der Waals surface area contributed by atoms with Gasteiger partial charge in [-0.05, 0) is 12.1 Å². The monoisotopic (exact) mass is 205 g/mol. The van der Waals surface area contributed by atoms with Crippen molar-refractivity contribution in [2.24, 2.45) is 5.73 Å². The predicted molar refractivity (Wildman–Crippen MR) is 55.3 cm³/mol. The molecule has 1 heterocycles. The van der Waals surface area contributed by atoms with Crippen molar-refractivity contribution >= 4 is 16.8 Å². The Hall–Kier alpha value is -1.88. The second kappa shape index (κ2) is 3.70. The van der Waals surface area contributed by atoms with Crippen molar-refractivity contribution in [3.8, 4) is 0 Å². The van der Waals surface area contributed by atoms with Gasteiger partial charge in [-0.3, -0.25) is 9.48 Å². The number of aromatic nitrogens is 2. The Labute approximate surface area is 86.1 Å². The zero-order valence-electron chi connectivity index (χ0n) is 8.05. The molecule has 1 aromatic heterocycles. The van der Waals surface area contributed by atoms with Crippen molar-refractivity contribution < 1.29 is 9.90 Å². The minimum Gasteiger partial charge on any atom is -0.394 e. The van der Waals surface area contributed by atoms with E-state index >= 15 is 0 Å². The molecule has 0 aliphatic heterocycles. The number of carbonyl (C=O) groups excluding carboxylic acids is 1. The van der Waals surface area contributed by atoms with Crippen LogP contribution in [-0.2, 0) is 6.54 Å². The van der Waals surface area contributed by atoms with Crippen molar-refractivity contribution in [2.75, 3.05) is 6.61 Å². The molecule has 0 atom stereocenters. The normalized spacial score (nSPS) is 10.7. The van der Waals surface area contributed by atoms with Gasteiger partial charge in [0.1, 0.15) is 0 Å². The van der Waals surface area contributed by atoms with Gasteiger partial charge in [-0.15, -0.1) is 0 Å². The average Bonchev–Trinajstić information content (AvgIpc) is 2.61. The molecule has 0 fully saturated rings. The Morgan fingerprint density at radius 2 is 2.33 bits per heavy atom. The standard InChI is InChI=1S/C10H11N3O2/c11-10(15)7-1-2-8-6-12-13(3-4-14)9(8)5-7/h1-2,5-6,14H,3-4H2,(H2,11,15). The summed E-state index contributed by atoms with van der Waals surface area (Å²) in [6, 6.07) is 5.13. The Morgan fingerprint density at radius 3 is 3.00 bits per heavy atom. The van der Waals surface area contributed by atoms with Gasteiger partial charge in [-0.1, -0.05) is 6.07 Å². The molecule has 3 N–H and O–H groups in total. The Kier molecular flexibility index (Phi) is 2.39. The van der Waals surface area contributed by atoms with Crippen LogP contribution in [0.2, 0.25) is 0 Å². The van der Waals surface area contributed by atoms with E-state index < -0.39 is 5.91 Å². The molecule has 1 amide bonds. The number of rotatable bonds is 3. The minimum absolute atomic E-state index is 0.0115. The number of hydrogen-bond acceptors (Lipinski definition) is 3. The molecule has 0 spiro atoms. The van der Waals surface area contributed by atoms with E-state index in [1.807, 2.05) is 0 Å². The molecule has 78 valence electrons. The van der Waals surface area contributed by atoms with Gasteiger partial charge >= 0.3 is 0 Å². The first-order valence-corrected chi connectivity index (χ1v) is 4.58. The molecular formula is C10H11N3O2. The zero-order chi connectivity index (χ0) is 10.8. The van der Waals surface area contributed by atoms with Gasteiger partial charge in [0.15, 0.2) is 0 Å². The van der Waals surface area contributed by atoms with Crippen LogP contribution in [0.15, 0.2) is 24.4 Å². The molecule has 5 heteroatoms. The van der Waals surface area contributed by atoms with E-state index in [1.165, 1.54) is 0 Å². The van der Waals surface area contributed by atoms with Crippen molar-refractivity contribution in [3.05, 3.63) is 30.0 Å². The molecule has 0 saturated heterocycles. The minimum atomic E-state index is -0.464. The van der Waals surface area contributed by atoms with E-state index in [1.54, 1.807) is 29.1 Å². The molecule has 5 nitrogen and oxygen atoms in total. The van der Waals surface area contributed by atoms with Crippen LogP contribution < -0.4 is 5.73 Å². The van der Waals surface area contributed by atoms with Gasteiger partial charge < -0.3 is 10.8 Å². The summed E-state index contributed by atoms with van der Waals surface area (Å²) < 4.78 is 1.64. The van der Waals surface area contributed by atoms with Crippen LogP contribution in [0.3, 0.4) is 0 Å². The summed E-state index contributed by atoms with van der Waals surface area (Å²) in [6.07, 6.45) is 1.69. The number of nitrogens with zero attached hydrogens (tertiary/aromatic N) is 2. The maximum Gasteiger partial charge on any atom is 0.248 e. The Morgan fingerprint density at radius 1 is 1.53 bits per heavy atom. The van der Waals surface area contributed by atoms with Gasteiger partial charge in [-0.2, -0.15) is 5.10 Å². The summed E-state index contributed by atoms with van der Waals surface area (Å²) in [5.74, 6) is -0.464. The van der Waals surface area contributed by atoms with Crippen LogP contribution in [0.4, 0.5) is 0 Å². The van der Waals surface area contributed by atoms with E-state index in [2.05, 4.69) is 5.10 Å². The van der Waals surface area contributed by atoms with E-state index in [9.17, 15) is 4.79 Å². The molecule has 0 radical (unpaired) electrons. The predicted octanol–water partition coefficient (Wildman–Crippen LogP) is 0.127. The largest absolute Gasteiger partial charge is 0.394 e. The highest BCUT2D eigenvalue weighted by Gasteiger charge is 2.05. The molecule has 2 rings (SSSR count). The van der Waals surface area contributed by atoms with E-state index in [-0.39, 0.29) is 6.61 Å². The zero-order valence-corrected chi connectivity index (χ0v) is 8.05. The molecular weight excluding hydrogens is 194 g/mol. The smallest absolute Gasteiger partial charge is 0.248 e. The quantitative estimate of drug-likeness (QED) is 0.747. The van der Waals surface area contributed by atoms with Gasteiger partial charge in [0.05, 0.1) is 24.9 Å². The second-order valence-electron chi connectivity index (χ2n) is 3.23. The first-order chi connectivity index (χ1) is 7.22. The lowest BCUT2D eigenvalue weighted by Crippen LogP contribution is -2.11. The average molecular weight is 205 g/mol. The number of benzene rings is 1. The molecule has 0 aliphatic carbocycles. The SMILES string of the molecule is NC(=O)c1ccc2cnn(CCO)c2c1. The highest BCUT2D eigenvalue weighted by atomic mass is 16.3. The summed E-state index contributed by atoms with van der Waals surface area (Å²) >= 11 is 0. The summed E-state index contributed by atoms with van der Waals surface area (Å²) in [7, 11) is 0. The number of primary amides is 1. The van der Waals surface area contributed by atoms with E-state index in [4.69, 9.17) is 10.8 Å². The third-order valence-corrected chi connectivity index (χ3v) is 2.24.